The molecule has 0 saturated heterocycles. The lowest BCUT2D eigenvalue weighted by atomic mass is 9.88. The van der Waals surface area contributed by atoms with Crippen molar-refractivity contribution in [2.45, 2.75) is 38.8 Å². The number of hydrogen-bond donors (Lipinski definition) is 1. The SMILES string of the molecule is CCNC(Cc1ccc(F)c(Cl)c1)C(C)(C)N(C)C. The van der Waals surface area contributed by atoms with Gasteiger partial charge < -0.3 is 10.2 Å². The predicted molar refractivity (Wildman–Crippen MR) is 80.3 cm³/mol. The average molecular weight is 287 g/mol. The van der Waals surface area contributed by atoms with Gasteiger partial charge in [0.2, 0.25) is 0 Å². The largest absolute Gasteiger partial charge is 0.312 e. The number of halogens is 2. The van der Waals surface area contributed by atoms with Crippen LogP contribution in [0.4, 0.5) is 4.39 Å². The Labute approximate surface area is 120 Å². The van der Waals surface area contributed by atoms with Gasteiger partial charge in [0.05, 0.1) is 5.02 Å². The summed E-state index contributed by atoms with van der Waals surface area (Å²) in [7, 11) is 4.14. The standard InChI is InChI=1S/C15H24ClFN2/c1-6-18-14(15(2,3)19(4)5)10-11-7-8-13(17)12(16)9-11/h7-9,14,18H,6,10H2,1-5H3. The van der Waals surface area contributed by atoms with Crippen LogP contribution in [-0.2, 0) is 6.42 Å². The van der Waals surface area contributed by atoms with Crippen LogP contribution in [0.15, 0.2) is 18.2 Å². The van der Waals surface area contributed by atoms with Crippen LogP contribution in [-0.4, -0.2) is 37.1 Å². The maximum absolute atomic E-state index is 13.2. The second-order valence-electron chi connectivity index (χ2n) is 5.61. The van der Waals surface area contributed by atoms with Gasteiger partial charge in [0.1, 0.15) is 5.82 Å². The van der Waals surface area contributed by atoms with Crippen molar-refractivity contribution >= 4 is 11.6 Å². The molecule has 1 unspecified atom stereocenters. The zero-order chi connectivity index (χ0) is 14.6. The van der Waals surface area contributed by atoms with Gasteiger partial charge in [-0.2, -0.15) is 0 Å². The molecule has 19 heavy (non-hydrogen) atoms. The first kappa shape index (κ1) is 16.4. The molecule has 1 aromatic carbocycles. The summed E-state index contributed by atoms with van der Waals surface area (Å²) >= 11 is 5.85. The molecule has 0 bridgehead atoms. The van der Waals surface area contributed by atoms with Crippen molar-refractivity contribution < 1.29 is 4.39 Å². The molecule has 4 heteroatoms. The smallest absolute Gasteiger partial charge is 0.141 e. The molecule has 0 amide bonds. The highest BCUT2D eigenvalue weighted by atomic mass is 35.5. The molecular weight excluding hydrogens is 263 g/mol. The van der Waals surface area contributed by atoms with Gasteiger partial charge in [-0.3, -0.25) is 0 Å². The first-order chi connectivity index (χ1) is 8.78. The summed E-state index contributed by atoms with van der Waals surface area (Å²) in [5, 5.41) is 3.70. The molecule has 1 N–H and O–H groups in total. The van der Waals surface area contributed by atoms with Crippen molar-refractivity contribution in [2.75, 3.05) is 20.6 Å². The number of rotatable bonds is 6. The van der Waals surface area contributed by atoms with Gasteiger partial charge >= 0.3 is 0 Å². The first-order valence-electron chi connectivity index (χ1n) is 6.63. The second-order valence-corrected chi connectivity index (χ2v) is 6.02. The van der Waals surface area contributed by atoms with Crippen LogP contribution in [0.5, 0.6) is 0 Å². The quantitative estimate of drug-likeness (QED) is 0.863. The van der Waals surface area contributed by atoms with Crippen LogP contribution < -0.4 is 5.32 Å². The Morgan fingerprint density at radius 3 is 2.47 bits per heavy atom. The van der Waals surface area contributed by atoms with E-state index in [9.17, 15) is 4.39 Å². The number of likely N-dealkylation sites (N-methyl/N-ethyl adjacent to an activating group) is 2. The van der Waals surface area contributed by atoms with Crippen molar-refractivity contribution in [1.29, 1.82) is 0 Å². The average Bonchev–Trinajstić information content (AvgIpc) is 2.33. The first-order valence-corrected chi connectivity index (χ1v) is 7.01. The summed E-state index contributed by atoms with van der Waals surface area (Å²) in [5.41, 5.74) is 1.05. The van der Waals surface area contributed by atoms with E-state index in [0.29, 0.717) is 0 Å². The fourth-order valence-corrected chi connectivity index (χ4v) is 2.24. The fraction of sp³-hybridized carbons (Fsp3) is 0.600. The molecule has 0 fully saturated rings. The van der Waals surface area contributed by atoms with E-state index in [1.807, 2.05) is 0 Å². The lowest BCUT2D eigenvalue weighted by Gasteiger charge is -2.40. The molecule has 0 heterocycles. The minimum atomic E-state index is -0.364. The zero-order valence-electron chi connectivity index (χ0n) is 12.4. The third-order valence-electron chi connectivity index (χ3n) is 3.88. The third kappa shape index (κ3) is 4.16. The molecule has 0 spiro atoms. The van der Waals surface area contributed by atoms with E-state index in [1.54, 1.807) is 12.1 Å². The Bertz CT molecular complexity index is 419. The van der Waals surface area contributed by atoms with E-state index in [2.05, 4.69) is 45.1 Å². The Balaban J connectivity index is 2.92. The number of hydrogen-bond acceptors (Lipinski definition) is 2. The number of nitrogens with one attached hydrogen (secondary N) is 1. The van der Waals surface area contributed by atoms with Gasteiger partial charge in [0, 0.05) is 11.6 Å². The highest BCUT2D eigenvalue weighted by Crippen LogP contribution is 2.22. The summed E-state index contributed by atoms with van der Waals surface area (Å²) in [6.07, 6.45) is 0.818. The molecule has 0 aromatic heterocycles. The van der Waals surface area contributed by atoms with E-state index >= 15 is 0 Å². The summed E-state index contributed by atoms with van der Waals surface area (Å²) in [6, 6.07) is 5.22. The summed E-state index contributed by atoms with van der Waals surface area (Å²) in [6.45, 7) is 7.39. The van der Waals surface area contributed by atoms with Gasteiger partial charge in [-0.1, -0.05) is 24.6 Å². The molecule has 0 saturated carbocycles. The number of nitrogens with zero attached hydrogens (tertiary/aromatic N) is 1. The minimum absolute atomic E-state index is 0.00310. The van der Waals surface area contributed by atoms with Crippen LogP contribution in [0, 0.1) is 5.82 Å². The molecule has 1 atom stereocenters. The molecule has 1 rings (SSSR count). The summed E-state index contributed by atoms with van der Waals surface area (Å²) < 4.78 is 13.2. The molecule has 0 aliphatic carbocycles. The van der Waals surface area contributed by atoms with E-state index < -0.39 is 0 Å². The maximum atomic E-state index is 13.2. The highest BCUT2D eigenvalue weighted by Gasteiger charge is 2.31. The van der Waals surface area contributed by atoms with Crippen molar-refractivity contribution in [3.63, 3.8) is 0 Å². The molecule has 0 aliphatic heterocycles. The van der Waals surface area contributed by atoms with Crippen LogP contribution in [0.3, 0.4) is 0 Å². The van der Waals surface area contributed by atoms with Crippen molar-refractivity contribution in [3.05, 3.63) is 34.6 Å². The van der Waals surface area contributed by atoms with Crippen LogP contribution in [0.2, 0.25) is 5.02 Å². The molecule has 0 aliphatic rings. The van der Waals surface area contributed by atoms with Crippen molar-refractivity contribution in [3.8, 4) is 0 Å². The van der Waals surface area contributed by atoms with Gasteiger partial charge in [-0.05, 0) is 58.6 Å². The Hall–Kier alpha value is -0.640. The Morgan fingerprint density at radius 1 is 1.37 bits per heavy atom. The summed E-state index contributed by atoms with van der Waals surface area (Å²) in [5.74, 6) is -0.364. The topological polar surface area (TPSA) is 15.3 Å². The second kappa shape index (κ2) is 6.69. The van der Waals surface area contributed by atoms with E-state index in [1.165, 1.54) is 6.07 Å². The van der Waals surface area contributed by atoms with Crippen molar-refractivity contribution in [1.82, 2.24) is 10.2 Å². The minimum Gasteiger partial charge on any atom is -0.312 e. The highest BCUT2D eigenvalue weighted by molar-refractivity contribution is 6.30. The predicted octanol–water partition coefficient (Wildman–Crippen LogP) is 3.34. The molecule has 108 valence electrons. The lowest BCUT2D eigenvalue weighted by molar-refractivity contribution is 0.138. The number of benzene rings is 1. The van der Waals surface area contributed by atoms with Crippen LogP contribution in [0.1, 0.15) is 26.3 Å². The van der Waals surface area contributed by atoms with E-state index in [-0.39, 0.29) is 22.4 Å². The fourth-order valence-electron chi connectivity index (χ4n) is 2.03. The van der Waals surface area contributed by atoms with Gasteiger partial charge in [0.15, 0.2) is 0 Å². The van der Waals surface area contributed by atoms with Crippen molar-refractivity contribution in [2.24, 2.45) is 0 Å². The Morgan fingerprint density at radius 2 is 2.00 bits per heavy atom. The van der Waals surface area contributed by atoms with Gasteiger partial charge in [-0.15, -0.1) is 0 Å². The normalized spacial score (nSPS) is 13.9. The molecule has 1 aromatic rings. The zero-order valence-corrected chi connectivity index (χ0v) is 13.2. The van der Waals surface area contributed by atoms with Crippen LogP contribution >= 0.6 is 11.6 Å². The Kier molecular flexibility index (Phi) is 5.78. The monoisotopic (exact) mass is 286 g/mol. The van der Waals surface area contributed by atoms with Gasteiger partial charge in [-0.25, -0.2) is 4.39 Å². The summed E-state index contributed by atoms with van der Waals surface area (Å²) in [4.78, 5) is 2.20. The van der Waals surface area contributed by atoms with E-state index in [4.69, 9.17) is 11.6 Å². The van der Waals surface area contributed by atoms with Gasteiger partial charge in [0.25, 0.3) is 0 Å². The molecular formula is C15H24ClFN2. The maximum Gasteiger partial charge on any atom is 0.141 e. The molecule has 0 radical (unpaired) electrons. The molecule has 2 nitrogen and oxygen atoms in total. The van der Waals surface area contributed by atoms with E-state index in [0.717, 1.165) is 18.5 Å². The third-order valence-corrected chi connectivity index (χ3v) is 4.17. The van der Waals surface area contributed by atoms with Crippen LogP contribution in [0.25, 0.3) is 0 Å². The lowest BCUT2D eigenvalue weighted by Crippen LogP contribution is -2.56.